The van der Waals surface area contributed by atoms with Crippen molar-refractivity contribution in [1.29, 1.82) is 0 Å². The molecule has 2 aromatic rings. The molecule has 0 aliphatic heterocycles. The molecule has 1 atom stereocenters. The third-order valence-corrected chi connectivity index (χ3v) is 4.28. The van der Waals surface area contributed by atoms with Crippen LogP contribution in [0.4, 0.5) is 5.69 Å². The normalized spacial score (nSPS) is 11.9. The van der Waals surface area contributed by atoms with Crippen LogP contribution in [0.25, 0.3) is 0 Å². The van der Waals surface area contributed by atoms with Gasteiger partial charge in [-0.3, -0.25) is 4.79 Å². The van der Waals surface area contributed by atoms with Crippen LogP contribution in [0.2, 0.25) is 0 Å². The van der Waals surface area contributed by atoms with Gasteiger partial charge in [0.1, 0.15) is 11.8 Å². The lowest BCUT2D eigenvalue weighted by Gasteiger charge is -2.15. The second-order valence-electron chi connectivity index (χ2n) is 4.37. The maximum atomic E-state index is 11.7. The summed E-state index contributed by atoms with van der Waals surface area (Å²) in [6.45, 7) is 2.09. The van der Waals surface area contributed by atoms with Crippen LogP contribution in [-0.4, -0.2) is 13.0 Å². The van der Waals surface area contributed by atoms with E-state index in [1.54, 1.807) is 18.4 Å². The zero-order chi connectivity index (χ0) is 14.5. The lowest BCUT2D eigenvalue weighted by Crippen LogP contribution is -2.26. The number of amides is 1. The first-order valence-corrected chi connectivity index (χ1v) is 7.24. The molecule has 0 aliphatic rings. The lowest BCUT2D eigenvalue weighted by molar-refractivity contribution is -0.118. The van der Waals surface area contributed by atoms with Crippen LogP contribution in [0.5, 0.6) is 5.75 Å². The van der Waals surface area contributed by atoms with Crippen LogP contribution >= 0.6 is 11.3 Å². The van der Waals surface area contributed by atoms with E-state index >= 15 is 0 Å². The molecule has 0 fully saturated rings. The number of primary amides is 1. The van der Waals surface area contributed by atoms with E-state index in [0.29, 0.717) is 0 Å². The number of hydrogen-bond acceptors (Lipinski definition) is 4. The number of anilines is 1. The molecular formula is C15H18N2O2S. The third kappa shape index (κ3) is 3.30. The molecule has 0 bridgehead atoms. The topological polar surface area (TPSA) is 64.3 Å². The van der Waals surface area contributed by atoms with Crippen molar-refractivity contribution in [2.75, 3.05) is 12.4 Å². The van der Waals surface area contributed by atoms with E-state index in [1.165, 1.54) is 4.88 Å². The Hall–Kier alpha value is -2.01. The smallest absolute Gasteiger partial charge is 0.245 e. The summed E-state index contributed by atoms with van der Waals surface area (Å²) in [6, 6.07) is 10.9. The summed E-state index contributed by atoms with van der Waals surface area (Å²) in [6.07, 6.45) is 0.954. The van der Waals surface area contributed by atoms with Crippen molar-refractivity contribution in [2.24, 2.45) is 5.73 Å². The number of aryl methyl sites for hydroxylation is 1. The highest BCUT2D eigenvalue weighted by Crippen LogP contribution is 2.28. The second-order valence-corrected chi connectivity index (χ2v) is 5.57. The minimum atomic E-state index is -0.521. The standard InChI is InChI=1S/C15H18N2O2S/c1-3-12-7-8-13(20-12)14(15(16)18)17-10-5-4-6-11(9-10)19-2/h4-9,14,17H,3H2,1-2H3,(H2,16,18). The van der Waals surface area contributed by atoms with Gasteiger partial charge in [-0.05, 0) is 30.7 Å². The van der Waals surface area contributed by atoms with Crippen LogP contribution in [-0.2, 0) is 11.2 Å². The Labute approximate surface area is 122 Å². The minimum Gasteiger partial charge on any atom is -0.497 e. The fraction of sp³-hybridized carbons (Fsp3) is 0.267. The number of nitrogens with two attached hydrogens (primary N) is 1. The van der Waals surface area contributed by atoms with Gasteiger partial charge in [0, 0.05) is 21.5 Å². The first-order chi connectivity index (χ1) is 9.63. The summed E-state index contributed by atoms with van der Waals surface area (Å²) in [5.41, 5.74) is 6.32. The van der Waals surface area contributed by atoms with Gasteiger partial charge in [-0.1, -0.05) is 13.0 Å². The van der Waals surface area contributed by atoms with E-state index in [-0.39, 0.29) is 0 Å². The SMILES string of the molecule is CCc1ccc(C(Nc2cccc(OC)c2)C(N)=O)s1. The maximum Gasteiger partial charge on any atom is 0.245 e. The molecule has 1 heterocycles. The lowest BCUT2D eigenvalue weighted by atomic mass is 10.2. The molecule has 4 nitrogen and oxygen atoms in total. The van der Waals surface area contributed by atoms with Crippen molar-refractivity contribution < 1.29 is 9.53 Å². The average Bonchev–Trinajstić information content (AvgIpc) is 2.93. The first kappa shape index (κ1) is 14.4. The van der Waals surface area contributed by atoms with Crippen molar-refractivity contribution in [2.45, 2.75) is 19.4 Å². The van der Waals surface area contributed by atoms with Crippen molar-refractivity contribution >= 4 is 22.9 Å². The van der Waals surface area contributed by atoms with Gasteiger partial charge < -0.3 is 15.8 Å². The summed E-state index contributed by atoms with van der Waals surface area (Å²) >= 11 is 1.60. The van der Waals surface area contributed by atoms with Gasteiger partial charge in [0.2, 0.25) is 5.91 Å². The third-order valence-electron chi connectivity index (χ3n) is 2.98. The predicted molar refractivity (Wildman–Crippen MR) is 82.2 cm³/mol. The number of hydrogen-bond donors (Lipinski definition) is 2. The Bertz CT molecular complexity index is 595. The Balaban J connectivity index is 2.23. The second kappa shape index (κ2) is 6.43. The molecule has 1 unspecified atom stereocenters. The molecule has 5 heteroatoms. The molecule has 106 valence electrons. The van der Waals surface area contributed by atoms with Crippen molar-refractivity contribution in [1.82, 2.24) is 0 Å². The van der Waals surface area contributed by atoms with Gasteiger partial charge in [-0.25, -0.2) is 0 Å². The Morgan fingerprint density at radius 1 is 1.40 bits per heavy atom. The number of carbonyl (C=O) groups excluding carboxylic acids is 1. The number of ether oxygens (including phenoxy) is 1. The van der Waals surface area contributed by atoms with Gasteiger partial charge >= 0.3 is 0 Å². The molecule has 1 aromatic carbocycles. The fourth-order valence-electron chi connectivity index (χ4n) is 1.90. The van der Waals surface area contributed by atoms with Crippen LogP contribution in [0, 0.1) is 0 Å². The molecule has 0 saturated heterocycles. The maximum absolute atomic E-state index is 11.7. The van der Waals surface area contributed by atoms with Crippen molar-refractivity contribution in [3.05, 3.63) is 46.2 Å². The quantitative estimate of drug-likeness (QED) is 0.859. The number of benzene rings is 1. The van der Waals surface area contributed by atoms with Gasteiger partial charge in [0.05, 0.1) is 7.11 Å². The monoisotopic (exact) mass is 290 g/mol. The summed E-state index contributed by atoms with van der Waals surface area (Å²) < 4.78 is 5.17. The van der Waals surface area contributed by atoms with E-state index < -0.39 is 11.9 Å². The minimum absolute atomic E-state index is 0.391. The summed E-state index contributed by atoms with van der Waals surface area (Å²) in [5, 5.41) is 3.16. The molecular weight excluding hydrogens is 272 g/mol. The molecule has 0 radical (unpaired) electrons. The molecule has 2 rings (SSSR count). The van der Waals surface area contributed by atoms with Crippen LogP contribution < -0.4 is 15.8 Å². The predicted octanol–water partition coefficient (Wildman–Crippen LogP) is 2.96. The van der Waals surface area contributed by atoms with E-state index in [2.05, 4.69) is 12.2 Å². The number of rotatable bonds is 6. The molecule has 3 N–H and O–H groups in total. The van der Waals surface area contributed by atoms with E-state index in [9.17, 15) is 4.79 Å². The largest absolute Gasteiger partial charge is 0.497 e. The molecule has 1 aromatic heterocycles. The fourth-order valence-corrected chi connectivity index (χ4v) is 2.91. The highest BCUT2D eigenvalue weighted by molar-refractivity contribution is 7.12. The number of methoxy groups -OCH3 is 1. The highest BCUT2D eigenvalue weighted by atomic mass is 32.1. The molecule has 0 spiro atoms. The number of thiophene rings is 1. The van der Waals surface area contributed by atoms with Gasteiger partial charge in [0.15, 0.2) is 0 Å². The van der Waals surface area contributed by atoms with Crippen LogP contribution in [0.15, 0.2) is 36.4 Å². The van der Waals surface area contributed by atoms with Crippen LogP contribution in [0.3, 0.4) is 0 Å². The Morgan fingerprint density at radius 2 is 2.20 bits per heavy atom. The summed E-state index contributed by atoms with van der Waals surface area (Å²) in [4.78, 5) is 13.9. The Kier molecular flexibility index (Phi) is 4.63. The Morgan fingerprint density at radius 3 is 2.80 bits per heavy atom. The number of nitrogens with one attached hydrogen (secondary N) is 1. The van der Waals surface area contributed by atoms with Gasteiger partial charge in [0.25, 0.3) is 0 Å². The van der Waals surface area contributed by atoms with E-state index in [0.717, 1.165) is 22.7 Å². The number of carbonyl (C=O) groups is 1. The van der Waals surface area contributed by atoms with E-state index in [1.807, 2.05) is 36.4 Å². The zero-order valence-corrected chi connectivity index (χ0v) is 12.4. The summed E-state index contributed by atoms with van der Waals surface area (Å²) in [5.74, 6) is 0.343. The molecule has 0 aliphatic carbocycles. The van der Waals surface area contributed by atoms with Crippen LogP contribution in [0.1, 0.15) is 22.7 Å². The molecule has 20 heavy (non-hydrogen) atoms. The van der Waals surface area contributed by atoms with E-state index in [4.69, 9.17) is 10.5 Å². The summed E-state index contributed by atoms with van der Waals surface area (Å²) in [7, 11) is 1.61. The average molecular weight is 290 g/mol. The van der Waals surface area contributed by atoms with Gasteiger partial charge in [-0.15, -0.1) is 11.3 Å². The van der Waals surface area contributed by atoms with Crippen molar-refractivity contribution in [3.63, 3.8) is 0 Å². The molecule has 0 saturated carbocycles. The first-order valence-electron chi connectivity index (χ1n) is 6.42. The zero-order valence-electron chi connectivity index (χ0n) is 11.6. The van der Waals surface area contributed by atoms with Gasteiger partial charge in [-0.2, -0.15) is 0 Å². The van der Waals surface area contributed by atoms with Crippen molar-refractivity contribution in [3.8, 4) is 5.75 Å². The molecule has 1 amide bonds. The highest BCUT2D eigenvalue weighted by Gasteiger charge is 2.19.